The van der Waals surface area contributed by atoms with Crippen LogP contribution >= 0.6 is 0 Å². The molecule has 0 heterocycles. The van der Waals surface area contributed by atoms with E-state index in [2.05, 4.69) is 5.32 Å². The molecule has 1 unspecified atom stereocenters. The van der Waals surface area contributed by atoms with Crippen molar-refractivity contribution in [1.29, 1.82) is 0 Å². The van der Waals surface area contributed by atoms with Crippen molar-refractivity contribution in [2.45, 2.75) is 51.5 Å². The van der Waals surface area contributed by atoms with E-state index in [1.165, 1.54) is 19.3 Å². The van der Waals surface area contributed by atoms with Gasteiger partial charge < -0.3 is 10.1 Å². The number of carbonyl (C=O) groups is 1. The van der Waals surface area contributed by atoms with Gasteiger partial charge in [0.25, 0.3) is 0 Å². The third-order valence-electron chi connectivity index (χ3n) is 5.31. The number of ether oxygens (including phenoxy) is 1. The molecule has 0 radical (unpaired) electrons. The zero-order chi connectivity index (χ0) is 12.8. The minimum Gasteiger partial charge on any atom is -0.383 e. The van der Waals surface area contributed by atoms with Gasteiger partial charge in [0.05, 0.1) is 6.61 Å². The summed E-state index contributed by atoms with van der Waals surface area (Å²) in [4.78, 5) is 12.6. The molecule has 1 N–H and O–H groups in total. The molecule has 0 aliphatic heterocycles. The molecular weight excluding hydrogens is 226 g/mol. The van der Waals surface area contributed by atoms with Gasteiger partial charge in [-0.25, -0.2) is 0 Å². The molecule has 3 nitrogen and oxygen atoms in total. The number of rotatable bonds is 4. The number of hydrogen-bond donors (Lipinski definition) is 1. The molecular formula is C15H25NO2. The summed E-state index contributed by atoms with van der Waals surface area (Å²) in [6.45, 7) is 2.64. The van der Waals surface area contributed by atoms with E-state index in [0.717, 1.165) is 37.0 Å². The number of nitrogens with one attached hydrogen (secondary N) is 1. The fourth-order valence-electron chi connectivity index (χ4n) is 5.06. The molecule has 3 heteroatoms. The first kappa shape index (κ1) is 12.5. The average Bonchev–Trinajstić information content (AvgIpc) is 2.27. The van der Waals surface area contributed by atoms with Crippen LogP contribution in [0.5, 0.6) is 0 Å². The Bertz CT molecular complexity index is 304. The maximum absolute atomic E-state index is 12.6. The molecule has 0 spiro atoms. The summed E-state index contributed by atoms with van der Waals surface area (Å²) in [5.41, 5.74) is -0.0171. The average molecular weight is 251 g/mol. The van der Waals surface area contributed by atoms with Gasteiger partial charge in [-0.1, -0.05) is 0 Å². The summed E-state index contributed by atoms with van der Waals surface area (Å²) in [7, 11) is 1.69. The minimum atomic E-state index is -0.0171. The van der Waals surface area contributed by atoms with Gasteiger partial charge in [0.15, 0.2) is 0 Å². The smallest absolute Gasteiger partial charge is 0.226 e. The first-order chi connectivity index (χ1) is 8.61. The Hall–Kier alpha value is -0.570. The van der Waals surface area contributed by atoms with Crippen molar-refractivity contribution >= 4 is 5.91 Å². The maximum Gasteiger partial charge on any atom is 0.226 e. The normalized spacial score (nSPS) is 42.9. The molecule has 0 aromatic carbocycles. The molecule has 0 aromatic heterocycles. The second-order valence-electron chi connectivity index (χ2n) is 7.03. The van der Waals surface area contributed by atoms with Gasteiger partial charge >= 0.3 is 0 Å². The van der Waals surface area contributed by atoms with Gasteiger partial charge in [-0.2, -0.15) is 0 Å². The molecule has 4 bridgehead atoms. The quantitative estimate of drug-likeness (QED) is 0.833. The Kier molecular flexibility index (Phi) is 3.13. The summed E-state index contributed by atoms with van der Waals surface area (Å²) in [6, 6.07) is 0.135. The van der Waals surface area contributed by atoms with Gasteiger partial charge in [0.2, 0.25) is 5.91 Å². The summed E-state index contributed by atoms with van der Waals surface area (Å²) in [5, 5.41) is 3.17. The lowest BCUT2D eigenvalue weighted by atomic mass is 9.49. The highest BCUT2D eigenvalue weighted by Crippen LogP contribution is 2.60. The Morgan fingerprint density at radius 1 is 1.22 bits per heavy atom. The molecule has 4 rings (SSSR count). The predicted molar refractivity (Wildman–Crippen MR) is 70.1 cm³/mol. The third kappa shape index (κ3) is 2.07. The van der Waals surface area contributed by atoms with E-state index < -0.39 is 0 Å². The maximum atomic E-state index is 12.6. The summed E-state index contributed by atoms with van der Waals surface area (Å²) >= 11 is 0. The van der Waals surface area contributed by atoms with E-state index in [1.54, 1.807) is 7.11 Å². The Labute approximate surface area is 110 Å². The summed E-state index contributed by atoms with van der Waals surface area (Å²) in [6.07, 6.45) is 7.60. The number of carbonyl (C=O) groups excluding carboxylic acids is 1. The second-order valence-corrected chi connectivity index (χ2v) is 7.03. The van der Waals surface area contributed by atoms with E-state index in [4.69, 9.17) is 4.74 Å². The third-order valence-corrected chi connectivity index (χ3v) is 5.31. The van der Waals surface area contributed by atoms with Crippen molar-refractivity contribution in [3.05, 3.63) is 0 Å². The van der Waals surface area contributed by atoms with Crippen LogP contribution in [-0.4, -0.2) is 25.7 Å². The van der Waals surface area contributed by atoms with Crippen molar-refractivity contribution in [3.8, 4) is 0 Å². The first-order valence-electron chi connectivity index (χ1n) is 7.41. The minimum absolute atomic E-state index is 0.0171. The van der Waals surface area contributed by atoms with E-state index in [0.29, 0.717) is 12.5 Å². The molecule has 4 aliphatic rings. The van der Waals surface area contributed by atoms with Crippen molar-refractivity contribution in [2.75, 3.05) is 13.7 Å². The van der Waals surface area contributed by atoms with Crippen LogP contribution in [0.1, 0.15) is 45.4 Å². The SMILES string of the molecule is COCC(C)NC(=O)C12CC3CC(CC(C3)C1)C2. The fourth-order valence-corrected chi connectivity index (χ4v) is 5.06. The van der Waals surface area contributed by atoms with Crippen LogP contribution < -0.4 is 5.32 Å². The van der Waals surface area contributed by atoms with Crippen LogP contribution in [0.25, 0.3) is 0 Å². The van der Waals surface area contributed by atoms with Gasteiger partial charge in [-0.3, -0.25) is 4.79 Å². The molecule has 0 saturated heterocycles. The van der Waals surface area contributed by atoms with Crippen LogP contribution in [0.2, 0.25) is 0 Å². The van der Waals surface area contributed by atoms with Crippen molar-refractivity contribution in [3.63, 3.8) is 0 Å². The van der Waals surface area contributed by atoms with Gasteiger partial charge in [0, 0.05) is 18.6 Å². The molecule has 18 heavy (non-hydrogen) atoms. The van der Waals surface area contributed by atoms with Crippen molar-refractivity contribution in [2.24, 2.45) is 23.2 Å². The van der Waals surface area contributed by atoms with E-state index >= 15 is 0 Å². The summed E-state index contributed by atoms with van der Waals surface area (Å²) < 4.78 is 5.11. The lowest BCUT2D eigenvalue weighted by Gasteiger charge is -2.55. The van der Waals surface area contributed by atoms with Gasteiger partial charge in [-0.05, 0) is 63.2 Å². The highest BCUT2D eigenvalue weighted by Gasteiger charge is 2.54. The molecule has 1 atom stereocenters. The Morgan fingerprint density at radius 2 is 1.72 bits per heavy atom. The second kappa shape index (κ2) is 4.52. The van der Waals surface area contributed by atoms with Gasteiger partial charge in [-0.15, -0.1) is 0 Å². The molecule has 4 fully saturated rings. The van der Waals surface area contributed by atoms with Gasteiger partial charge in [0.1, 0.15) is 0 Å². The lowest BCUT2D eigenvalue weighted by molar-refractivity contribution is -0.147. The Balaban J connectivity index is 1.69. The van der Waals surface area contributed by atoms with Crippen molar-refractivity contribution in [1.82, 2.24) is 5.32 Å². The fraction of sp³-hybridized carbons (Fsp3) is 0.933. The molecule has 1 amide bonds. The van der Waals surface area contributed by atoms with Crippen molar-refractivity contribution < 1.29 is 9.53 Å². The predicted octanol–water partition coefficient (Wildman–Crippen LogP) is 2.35. The van der Waals surface area contributed by atoms with E-state index in [1.807, 2.05) is 6.92 Å². The van der Waals surface area contributed by atoms with Crippen LogP contribution in [0, 0.1) is 23.2 Å². The standard InChI is InChI=1S/C15H25NO2/c1-10(9-18-2)16-14(17)15-6-11-3-12(7-15)5-13(4-11)8-15/h10-13H,3-9H2,1-2H3,(H,16,17). The summed E-state index contributed by atoms with van der Waals surface area (Å²) in [5.74, 6) is 2.81. The van der Waals surface area contributed by atoms with Crippen LogP contribution in [0.3, 0.4) is 0 Å². The highest BCUT2D eigenvalue weighted by atomic mass is 16.5. The Morgan fingerprint density at radius 3 is 2.17 bits per heavy atom. The molecule has 102 valence electrons. The van der Waals surface area contributed by atoms with E-state index in [9.17, 15) is 4.79 Å². The molecule has 0 aromatic rings. The van der Waals surface area contributed by atoms with Crippen LogP contribution in [0.15, 0.2) is 0 Å². The number of methoxy groups -OCH3 is 1. The monoisotopic (exact) mass is 251 g/mol. The first-order valence-corrected chi connectivity index (χ1v) is 7.41. The topological polar surface area (TPSA) is 38.3 Å². The molecule has 4 saturated carbocycles. The zero-order valence-electron chi connectivity index (χ0n) is 11.6. The number of amides is 1. The number of hydrogen-bond acceptors (Lipinski definition) is 2. The molecule has 4 aliphatic carbocycles. The van der Waals surface area contributed by atoms with Crippen LogP contribution in [-0.2, 0) is 9.53 Å². The van der Waals surface area contributed by atoms with Crippen LogP contribution in [0.4, 0.5) is 0 Å². The zero-order valence-corrected chi connectivity index (χ0v) is 11.6. The van der Waals surface area contributed by atoms with E-state index in [-0.39, 0.29) is 11.5 Å². The lowest BCUT2D eigenvalue weighted by Crippen LogP contribution is -2.55. The largest absolute Gasteiger partial charge is 0.383 e. The highest BCUT2D eigenvalue weighted by molar-refractivity contribution is 5.83.